The predicted molar refractivity (Wildman–Crippen MR) is 85.5 cm³/mol. The zero-order valence-electron chi connectivity index (χ0n) is 13.5. The Morgan fingerprint density at radius 2 is 1.76 bits per heavy atom. The van der Waals surface area contributed by atoms with Crippen LogP contribution < -0.4 is 5.32 Å². The maximum atomic E-state index is 10.9. The lowest BCUT2D eigenvalue weighted by Crippen LogP contribution is -2.38. The average Bonchev–Trinajstić information content (AvgIpc) is 2.52. The Morgan fingerprint density at radius 1 is 1.10 bits per heavy atom. The van der Waals surface area contributed by atoms with Crippen molar-refractivity contribution in [2.45, 2.75) is 76.3 Å². The van der Waals surface area contributed by atoms with Gasteiger partial charge in [-0.25, -0.2) is 0 Å². The van der Waals surface area contributed by atoms with Gasteiger partial charge in [0.25, 0.3) is 0 Å². The van der Waals surface area contributed by atoms with Crippen molar-refractivity contribution in [1.82, 2.24) is 10.2 Å². The monoisotopic (exact) mass is 296 g/mol. The normalized spacial score (nSPS) is 27.9. The molecule has 0 radical (unpaired) electrons. The molecule has 4 heteroatoms. The van der Waals surface area contributed by atoms with Crippen molar-refractivity contribution in [3.8, 4) is 0 Å². The van der Waals surface area contributed by atoms with Gasteiger partial charge >= 0.3 is 5.97 Å². The number of rotatable bonds is 7. The van der Waals surface area contributed by atoms with Crippen LogP contribution in [0, 0.1) is 5.92 Å². The van der Waals surface area contributed by atoms with Crippen LogP contribution >= 0.6 is 0 Å². The van der Waals surface area contributed by atoms with Gasteiger partial charge in [0.1, 0.15) is 0 Å². The molecule has 122 valence electrons. The number of carbonyl (C=O) groups is 1. The van der Waals surface area contributed by atoms with Gasteiger partial charge in [0.15, 0.2) is 0 Å². The first-order chi connectivity index (χ1) is 10.2. The number of hydrogen-bond donors (Lipinski definition) is 2. The molecule has 2 aliphatic carbocycles. The summed E-state index contributed by atoms with van der Waals surface area (Å²) in [5.74, 6) is -0.706. The molecular weight excluding hydrogens is 264 g/mol. The van der Waals surface area contributed by atoms with E-state index in [0.717, 1.165) is 38.3 Å². The van der Waals surface area contributed by atoms with Gasteiger partial charge in [0, 0.05) is 12.1 Å². The molecule has 21 heavy (non-hydrogen) atoms. The van der Waals surface area contributed by atoms with E-state index in [1.807, 2.05) is 0 Å². The van der Waals surface area contributed by atoms with Gasteiger partial charge in [-0.1, -0.05) is 19.3 Å². The van der Waals surface area contributed by atoms with Gasteiger partial charge in [-0.05, 0) is 65.1 Å². The Balaban J connectivity index is 1.52. The topological polar surface area (TPSA) is 52.6 Å². The fourth-order valence-corrected chi connectivity index (χ4v) is 3.88. The number of hydrogen-bond acceptors (Lipinski definition) is 3. The first-order valence-corrected chi connectivity index (χ1v) is 8.83. The summed E-state index contributed by atoms with van der Waals surface area (Å²) < 4.78 is 0. The molecule has 0 aromatic rings. The highest BCUT2D eigenvalue weighted by Gasteiger charge is 2.25. The second-order valence-electron chi connectivity index (χ2n) is 6.97. The summed E-state index contributed by atoms with van der Waals surface area (Å²) >= 11 is 0. The Kier molecular flexibility index (Phi) is 6.97. The molecule has 2 saturated carbocycles. The minimum absolute atomic E-state index is 0.0968. The fourth-order valence-electron chi connectivity index (χ4n) is 3.88. The third kappa shape index (κ3) is 5.59. The standard InChI is InChI=1S/C17H32N2O2/c1-19(16-6-3-2-4-7-16)13-5-12-18-15-10-8-14(9-11-15)17(20)21/h14-16,18H,2-13H2,1H3,(H,20,21). The number of aliphatic carboxylic acids is 1. The van der Waals surface area contributed by atoms with Crippen LogP contribution in [0.1, 0.15) is 64.2 Å². The van der Waals surface area contributed by atoms with Crippen LogP contribution in [0.4, 0.5) is 0 Å². The van der Waals surface area contributed by atoms with Crippen LogP contribution in [0.2, 0.25) is 0 Å². The van der Waals surface area contributed by atoms with E-state index in [9.17, 15) is 4.79 Å². The second kappa shape index (κ2) is 8.74. The van der Waals surface area contributed by atoms with E-state index in [-0.39, 0.29) is 5.92 Å². The molecule has 2 aliphatic rings. The van der Waals surface area contributed by atoms with Crippen molar-refractivity contribution in [3.63, 3.8) is 0 Å². The van der Waals surface area contributed by atoms with E-state index >= 15 is 0 Å². The fraction of sp³-hybridized carbons (Fsp3) is 0.941. The van der Waals surface area contributed by atoms with Crippen LogP contribution in [0.3, 0.4) is 0 Å². The summed E-state index contributed by atoms with van der Waals surface area (Å²) in [4.78, 5) is 13.5. The maximum absolute atomic E-state index is 10.9. The minimum Gasteiger partial charge on any atom is -0.481 e. The highest BCUT2D eigenvalue weighted by atomic mass is 16.4. The summed E-state index contributed by atoms with van der Waals surface area (Å²) in [6, 6.07) is 1.35. The third-order valence-electron chi connectivity index (χ3n) is 5.40. The number of nitrogens with zero attached hydrogens (tertiary/aromatic N) is 1. The van der Waals surface area contributed by atoms with E-state index in [1.54, 1.807) is 0 Å². The summed E-state index contributed by atoms with van der Waals surface area (Å²) in [6.45, 7) is 2.25. The second-order valence-corrected chi connectivity index (χ2v) is 6.97. The predicted octanol–water partition coefficient (Wildman–Crippen LogP) is 2.87. The van der Waals surface area contributed by atoms with E-state index < -0.39 is 5.97 Å². The van der Waals surface area contributed by atoms with E-state index in [4.69, 9.17) is 5.11 Å². The number of carboxylic acids is 1. The van der Waals surface area contributed by atoms with Crippen molar-refractivity contribution in [3.05, 3.63) is 0 Å². The Hall–Kier alpha value is -0.610. The zero-order valence-corrected chi connectivity index (χ0v) is 13.5. The Bertz CT molecular complexity index is 308. The highest BCUT2D eigenvalue weighted by Crippen LogP contribution is 2.24. The molecule has 2 rings (SSSR count). The zero-order chi connectivity index (χ0) is 15.1. The molecule has 0 aromatic carbocycles. The molecule has 0 aliphatic heterocycles. The van der Waals surface area contributed by atoms with Gasteiger partial charge in [-0.2, -0.15) is 0 Å². The first-order valence-electron chi connectivity index (χ1n) is 8.83. The van der Waals surface area contributed by atoms with Crippen molar-refractivity contribution in [2.24, 2.45) is 5.92 Å². The largest absolute Gasteiger partial charge is 0.481 e. The van der Waals surface area contributed by atoms with Crippen molar-refractivity contribution >= 4 is 5.97 Å². The molecule has 2 N–H and O–H groups in total. The SMILES string of the molecule is CN(CCCNC1CCC(C(=O)O)CC1)C1CCCCC1. The van der Waals surface area contributed by atoms with E-state index in [1.165, 1.54) is 45.1 Å². The molecule has 0 bridgehead atoms. The Labute approximate surface area is 129 Å². The van der Waals surface area contributed by atoms with Crippen molar-refractivity contribution < 1.29 is 9.90 Å². The third-order valence-corrected chi connectivity index (χ3v) is 5.40. The van der Waals surface area contributed by atoms with Crippen LogP contribution in [-0.2, 0) is 4.79 Å². The summed E-state index contributed by atoms with van der Waals surface area (Å²) in [7, 11) is 2.27. The lowest BCUT2D eigenvalue weighted by atomic mass is 9.86. The van der Waals surface area contributed by atoms with Crippen LogP contribution in [0.25, 0.3) is 0 Å². The molecule has 2 fully saturated rings. The summed E-state index contributed by atoms with van der Waals surface area (Å²) in [5, 5.41) is 12.6. The summed E-state index contributed by atoms with van der Waals surface area (Å²) in [6.07, 6.45) is 11.9. The molecule has 0 saturated heterocycles. The quantitative estimate of drug-likeness (QED) is 0.709. The number of nitrogens with one attached hydrogen (secondary N) is 1. The van der Waals surface area contributed by atoms with Gasteiger partial charge < -0.3 is 15.3 Å². The van der Waals surface area contributed by atoms with E-state index in [0.29, 0.717) is 6.04 Å². The molecule has 0 aromatic heterocycles. The lowest BCUT2D eigenvalue weighted by Gasteiger charge is -2.31. The molecule has 0 spiro atoms. The lowest BCUT2D eigenvalue weighted by molar-refractivity contribution is -0.142. The van der Waals surface area contributed by atoms with E-state index in [2.05, 4.69) is 17.3 Å². The van der Waals surface area contributed by atoms with Crippen molar-refractivity contribution in [2.75, 3.05) is 20.1 Å². The number of carboxylic acid groups (broad SMARTS) is 1. The molecule has 0 unspecified atom stereocenters. The van der Waals surface area contributed by atoms with Crippen LogP contribution in [-0.4, -0.2) is 48.2 Å². The van der Waals surface area contributed by atoms with Gasteiger partial charge in [0.2, 0.25) is 0 Å². The molecule has 0 atom stereocenters. The molecule has 4 nitrogen and oxygen atoms in total. The Morgan fingerprint density at radius 3 is 2.38 bits per heavy atom. The molecular formula is C17H32N2O2. The minimum atomic E-state index is -0.609. The summed E-state index contributed by atoms with van der Waals surface area (Å²) in [5.41, 5.74) is 0. The highest BCUT2D eigenvalue weighted by molar-refractivity contribution is 5.70. The van der Waals surface area contributed by atoms with Gasteiger partial charge in [0.05, 0.1) is 5.92 Å². The average molecular weight is 296 g/mol. The van der Waals surface area contributed by atoms with Crippen molar-refractivity contribution in [1.29, 1.82) is 0 Å². The first kappa shape index (κ1) is 16.8. The van der Waals surface area contributed by atoms with Crippen LogP contribution in [0.15, 0.2) is 0 Å². The van der Waals surface area contributed by atoms with Gasteiger partial charge in [-0.15, -0.1) is 0 Å². The smallest absolute Gasteiger partial charge is 0.306 e. The molecule has 0 heterocycles. The van der Waals surface area contributed by atoms with Crippen LogP contribution in [0.5, 0.6) is 0 Å². The maximum Gasteiger partial charge on any atom is 0.306 e. The molecule has 0 amide bonds. The van der Waals surface area contributed by atoms with Gasteiger partial charge in [-0.3, -0.25) is 4.79 Å².